The number of hydrogen-bond donors (Lipinski definition) is 1. The van der Waals surface area contributed by atoms with Gasteiger partial charge in [0.25, 0.3) is 0 Å². The van der Waals surface area contributed by atoms with Crippen LogP contribution in [0.15, 0.2) is 30.6 Å². The third kappa shape index (κ3) is 6.21. The number of alkyl halides is 3. The number of hydrogen-bond acceptors (Lipinski definition) is 5. The number of halogens is 5. The number of nitriles is 1. The van der Waals surface area contributed by atoms with Crippen molar-refractivity contribution in [2.75, 3.05) is 24.7 Å². The first-order valence-corrected chi connectivity index (χ1v) is 9.19. The Kier molecular flexibility index (Phi) is 6.98. The summed E-state index contributed by atoms with van der Waals surface area (Å²) < 4.78 is 78.1. The molecule has 12 heteroatoms. The van der Waals surface area contributed by atoms with Crippen LogP contribution in [0.2, 0.25) is 0 Å². The number of rotatable bonds is 7. The van der Waals surface area contributed by atoms with Crippen molar-refractivity contribution in [3.8, 4) is 6.07 Å². The molecule has 2 rings (SSSR count). The molecule has 0 saturated carbocycles. The molecule has 1 aromatic carbocycles. The van der Waals surface area contributed by atoms with Crippen LogP contribution < -0.4 is 5.32 Å². The van der Waals surface area contributed by atoms with E-state index in [-0.39, 0.29) is 17.1 Å². The van der Waals surface area contributed by atoms with Gasteiger partial charge in [-0.15, -0.1) is 0 Å². The summed E-state index contributed by atoms with van der Waals surface area (Å²) in [5.74, 6) is -1.96. The zero-order valence-electron chi connectivity index (χ0n) is 14.4. The maximum absolute atomic E-state index is 14.2. The average Bonchev–Trinajstić information content (AvgIpc) is 2.60. The van der Waals surface area contributed by atoms with E-state index in [1.165, 1.54) is 12.4 Å². The highest BCUT2D eigenvalue weighted by molar-refractivity contribution is 7.81. The second kappa shape index (κ2) is 9.03. The van der Waals surface area contributed by atoms with E-state index in [9.17, 15) is 26.2 Å². The van der Waals surface area contributed by atoms with Crippen LogP contribution >= 0.6 is 0 Å². The summed E-state index contributed by atoms with van der Waals surface area (Å²) in [4.78, 5) is 7.66. The fourth-order valence-electron chi connectivity index (χ4n) is 2.29. The minimum atomic E-state index is -4.64. The van der Waals surface area contributed by atoms with E-state index >= 15 is 0 Å². The maximum atomic E-state index is 14.2. The molecule has 28 heavy (non-hydrogen) atoms. The second-order valence-corrected chi connectivity index (χ2v) is 7.00. The third-order valence-corrected chi connectivity index (χ3v) is 4.53. The SMILES string of the molecule is CS(=O)N(CC(Nc1ncc(C#N)cn1)c1ccc(F)cc1F)CC(F)(F)F. The van der Waals surface area contributed by atoms with Gasteiger partial charge in [-0.25, -0.2) is 27.3 Å². The summed E-state index contributed by atoms with van der Waals surface area (Å²) >= 11 is 0. The average molecular weight is 419 g/mol. The minimum absolute atomic E-state index is 0.0958. The summed E-state index contributed by atoms with van der Waals surface area (Å²) in [5.41, 5.74) is -0.0181. The molecular formula is C16H14F5N5OS. The molecule has 150 valence electrons. The van der Waals surface area contributed by atoms with E-state index in [2.05, 4.69) is 15.3 Å². The Morgan fingerprint density at radius 2 is 1.93 bits per heavy atom. The smallest absolute Gasteiger partial charge is 0.346 e. The number of anilines is 1. The second-order valence-electron chi connectivity index (χ2n) is 5.63. The number of nitrogens with zero attached hydrogens (tertiary/aromatic N) is 4. The first-order valence-electron chi connectivity index (χ1n) is 7.68. The van der Waals surface area contributed by atoms with Crippen molar-refractivity contribution < 1.29 is 26.2 Å². The van der Waals surface area contributed by atoms with Crippen LogP contribution in [-0.2, 0) is 11.0 Å². The van der Waals surface area contributed by atoms with Crippen molar-refractivity contribution >= 4 is 16.9 Å². The fraction of sp³-hybridized carbons (Fsp3) is 0.312. The normalized spacial score (nSPS) is 13.8. The summed E-state index contributed by atoms with van der Waals surface area (Å²) in [5, 5.41) is 11.4. The lowest BCUT2D eigenvalue weighted by atomic mass is 10.1. The number of nitrogens with one attached hydrogen (secondary N) is 1. The number of aromatic nitrogens is 2. The van der Waals surface area contributed by atoms with Gasteiger partial charge < -0.3 is 5.32 Å². The first-order chi connectivity index (χ1) is 13.1. The van der Waals surface area contributed by atoms with Gasteiger partial charge in [0.05, 0.1) is 35.0 Å². The maximum Gasteiger partial charge on any atom is 0.402 e. The predicted molar refractivity (Wildman–Crippen MR) is 91.2 cm³/mol. The highest BCUT2D eigenvalue weighted by Gasteiger charge is 2.34. The highest BCUT2D eigenvalue weighted by Crippen LogP contribution is 2.25. The molecule has 0 amide bonds. The molecule has 1 N–H and O–H groups in total. The molecule has 2 atom stereocenters. The highest BCUT2D eigenvalue weighted by atomic mass is 32.2. The van der Waals surface area contributed by atoms with Gasteiger partial charge in [-0.2, -0.15) is 18.4 Å². The molecule has 0 fully saturated rings. The van der Waals surface area contributed by atoms with Gasteiger partial charge in [-0.3, -0.25) is 0 Å². The van der Waals surface area contributed by atoms with E-state index in [0.29, 0.717) is 10.4 Å². The quantitative estimate of drug-likeness (QED) is 0.698. The van der Waals surface area contributed by atoms with Gasteiger partial charge in [0.15, 0.2) is 0 Å². The van der Waals surface area contributed by atoms with Crippen molar-refractivity contribution in [2.24, 2.45) is 0 Å². The molecule has 0 saturated heterocycles. The molecule has 2 aromatic rings. The van der Waals surface area contributed by atoms with Crippen LogP contribution in [0.25, 0.3) is 0 Å². The molecular weight excluding hydrogens is 405 g/mol. The first kappa shape index (κ1) is 21.6. The van der Waals surface area contributed by atoms with Crippen LogP contribution in [0.1, 0.15) is 17.2 Å². The van der Waals surface area contributed by atoms with E-state index in [1.807, 2.05) is 0 Å². The van der Waals surface area contributed by atoms with Crippen LogP contribution in [0.3, 0.4) is 0 Å². The largest absolute Gasteiger partial charge is 0.402 e. The van der Waals surface area contributed by atoms with E-state index in [1.54, 1.807) is 6.07 Å². The predicted octanol–water partition coefficient (Wildman–Crippen LogP) is 2.94. The van der Waals surface area contributed by atoms with Gasteiger partial charge in [0.2, 0.25) is 5.95 Å². The van der Waals surface area contributed by atoms with Crippen molar-refractivity contribution in [2.45, 2.75) is 12.2 Å². The van der Waals surface area contributed by atoms with Gasteiger partial charge in [-0.05, 0) is 6.07 Å². The van der Waals surface area contributed by atoms with Gasteiger partial charge in [-0.1, -0.05) is 6.07 Å². The van der Waals surface area contributed by atoms with Gasteiger partial charge >= 0.3 is 6.18 Å². The summed E-state index contributed by atoms with van der Waals surface area (Å²) in [6, 6.07) is 3.22. The summed E-state index contributed by atoms with van der Waals surface area (Å²) in [6.07, 6.45) is -1.25. The lowest BCUT2D eigenvalue weighted by Gasteiger charge is -2.27. The Morgan fingerprint density at radius 3 is 2.43 bits per heavy atom. The van der Waals surface area contributed by atoms with Crippen molar-refractivity contribution in [3.63, 3.8) is 0 Å². The molecule has 0 aliphatic heterocycles. The zero-order valence-corrected chi connectivity index (χ0v) is 15.2. The topological polar surface area (TPSA) is 81.9 Å². The Morgan fingerprint density at radius 1 is 1.29 bits per heavy atom. The monoisotopic (exact) mass is 419 g/mol. The Bertz CT molecular complexity index is 884. The molecule has 1 heterocycles. The Hall–Kier alpha value is -2.65. The third-order valence-electron chi connectivity index (χ3n) is 3.53. The molecule has 0 bridgehead atoms. The molecule has 0 radical (unpaired) electrons. The van der Waals surface area contributed by atoms with E-state index < -0.39 is 47.9 Å². The molecule has 6 nitrogen and oxygen atoms in total. The summed E-state index contributed by atoms with van der Waals surface area (Å²) in [6.45, 7) is -2.03. The number of benzene rings is 1. The lowest BCUT2D eigenvalue weighted by molar-refractivity contribution is -0.135. The van der Waals surface area contributed by atoms with Crippen LogP contribution in [0, 0.1) is 23.0 Å². The Balaban J connectivity index is 2.36. The fourth-order valence-corrected chi connectivity index (χ4v) is 2.97. The standard InChI is InChI=1S/C16H14F5N5OS/c1-28(27)26(9-16(19,20)21)8-14(12-3-2-11(17)4-13(12)18)25-15-23-6-10(5-22)7-24-15/h2-4,6-7,14H,8-9H2,1H3,(H,23,24,25). The molecule has 0 spiro atoms. The van der Waals surface area contributed by atoms with Gasteiger partial charge in [0.1, 0.15) is 24.2 Å². The summed E-state index contributed by atoms with van der Waals surface area (Å²) in [7, 11) is -2.03. The Labute approximate surface area is 159 Å². The van der Waals surface area contributed by atoms with Crippen molar-refractivity contribution in [1.82, 2.24) is 14.3 Å². The van der Waals surface area contributed by atoms with Crippen LogP contribution in [-0.4, -0.2) is 44.0 Å². The van der Waals surface area contributed by atoms with Crippen LogP contribution in [0.4, 0.5) is 27.9 Å². The molecule has 0 aliphatic rings. The molecule has 2 unspecified atom stereocenters. The molecule has 1 aromatic heterocycles. The van der Waals surface area contributed by atoms with Gasteiger partial charge in [0, 0.05) is 24.4 Å². The van der Waals surface area contributed by atoms with Crippen molar-refractivity contribution in [3.05, 3.63) is 53.4 Å². The van der Waals surface area contributed by atoms with Crippen molar-refractivity contribution in [1.29, 1.82) is 5.26 Å². The van der Waals surface area contributed by atoms with E-state index in [4.69, 9.17) is 5.26 Å². The lowest BCUT2D eigenvalue weighted by Crippen LogP contribution is -2.39. The molecule has 0 aliphatic carbocycles. The zero-order chi connectivity index (χ0) is 20.9. The van der Waals surface area contributed by atoms with E-state index in [0.717, 1.165) is 18.4 Å². The van der Waals surface area contributed by atoms with Crippen LogP contribution in [0.5, 0.6) is 0 Å². The minimum Gasteiger partial charge on any atom is -0.346 e.